The molecule has 0 radical (unpaired) electrons. The lowest BCUT2D eigenvalue weighted by atomic mass is 10.1. The van der Waals surface area contributed by atoms with Crippen LogP contribution in [0, 0.1) is 5.41 Å². The highest BCUT2D eigenvalue weighted by molar-refractivity contribution is 5.80. The van der Waals surface area contributed by atoms with Crippen molar-refractivity contribution in [1.82, 2.24) is 19.8 Å². The minimum Gasteiger partial charge on any atom is -0.479 e. The van der Waals surface area contributed by atoms with Crippen LogP contribution in [0.5, 0.6) is 0 Å². The molecule has 0 saturated carbocycles. The minimum absolute atomic E-state index is 0.0643. The van der Waals surface area contributed by atoms with Gasteiger partial charge < -0.3 is 31.5 Å². The van der Waals surface area contributed by atoms with Gasteiger partial charge in [0, 0.05) is 38.3 Å². The van der Waals surface area contributed by atoms with Crippen LogP contribution in [0.4, 0.5) is 0 Å². The summed E-state index contributed by atoms with van der Waals surface area (Å²) in [6.45, 7) is 0.392. The average Bonchev–Trinajstić information content (AvgIpc) is 2.66. The summed E-state index contributed by atoms with van der Waals surface area (Å²) in [4.78, 5) is 50.5. The molecule has 1 aromatic rings. The van der Waals surface area contributed by atoms with Crippen molar-refractivity contribution in [3.63, 3.8) is 0 Å². The molecule has 164 valence electrons. The zero-order valence-electron chi connectivity index (χ0n) is 16.3. The van der Waals surface area contributed by atoms with E-state index in [0.717, 1.165) is 10.6 Å². The molecule has 1 aliphatic rings. The number of rotatable bonds is 8. The standard InChI is InChI=1S/C17H25N7O6/c1-23(16(19)20)6-4-9(18)8-12(26)21-10-2-3-13(30-14(10)15(27)28)24-7-5-11(25)22-17(24)29/h2-3,5,7,9-10,13-14H,4,6,8,18H2,1H3,(H3,19,20)(H,21,26)(H,27,28)(H,22,25,29)/t9?,10-,13+,14-/m0/s1. The van der Waals surface area contributed by atoms with Crippen molar-refractivity contribution in [2.75, 3.05) is 13.6 Å². The lowest BCUT2D eigenvalue weighted by Gasteiger charge is -2.31. The van der Waals surface area contributed by atoms with Crippen molar-refractivity contribution in [3.8, 4) is 0 Å². The second-order valence-electron chi connectivity index (χ2n) is 6.84. The predicted octanol–water partition coefficient (Wildman–Crippen LogP) is -2.51. The molecule has 0 fully saturated rings. The van der Waals surface area contributed by atoms with Crippen molar-refractivity contribution in [2.45, 2.75) is 37.3 Å². The molecular formula is C17H25N7O6. The number of nitrogens with one attached hydrogen (secondary N) is 3. The fourth-order valence-corrected chi connectivity index (χ4v) is 2.78. The largest absolute Gasteiger partial charge is 0.479 e. The number of carbonyl (C=O) groups is 2. The summed E-state index contributed by atoms with van der Waals surface area (Å²) in [6.07, 6.45) is 1.83. The third-order valence-corrected chi connectivity index (χ3v) is 4.49. The van der Waals surface area contributed by atoms with Gasteiger partial charge >= 0.3 is 11.7 Å². The van der Waals surface area contributed by atoms with E-state index in [-0.39, 0.29) is 12.4 Å². The van der Waals surface area contributed by atoms with Gasteiger partial charge in [-0.05, 0) is 12.5 Å². The maximum absolute atomic E-state index is 12.3. The summed E-state index contributed by atoms with van der Waals surface area (Å²) < 4.78 is 6.46. The van der Waals surface area contributed by atoms with Crippen LogP contribution in [0.15, 0.2) is 34.0 Å². The zero-order valence-corrected chi connectivity index (χ0v) is 16.3. The molecule has 1 aromatic heterocycles. The van der Waals surface area contributed by atoms with E-state index >= 15 is 0 Å². The Kier molecular flexibility index (Phi) is 7.49. The summed E-state index contributed by atoms with van der Waals surface area (Å²) in [5.74, 6) is -1.92. The van der Waals surface area contributed by atoms with E-state index in [9.17, 15) is 24.3 Å². The molecule has 0 aliphatic carbocycles. The highest BCUT2D eigenvalue weighted by Gasteiger charge is 2.35. The number of nitrogens with zero attached hydrogens (tertiary/aromatic N) is 2. The molecule has 0 bridgehead atoms. The molecule has 13 nitrogen and oxygen atoms in total. The summed E-state index contributed by atoms with van der Waals surface area (Å²) in [5, 5.41) is 19.3. The summed E-state index contributed by atoms with van der Waals surface area (Å²) in [7, 11) is 1.63. The molecule has 8 N–H and O–H groups in total. The van der Waals surface area contributed by atoms with Crippen molar-refractivity contribution in [3.05, 3.63) is 45.3 Å². The van der Waals surface area contributed by atoms with Crippen LogP contribution in [-0.2, 0) is 14.3 Å². The Hall–Kier alpha value is -3.45. The normalized spacial score (nSPS) is 21.6. The van der Waals surface area contributed by atoms with Crippen molar-refractivity contribution >= 4 is 17.8 Å². The highest BCUT2D eigenvalue weighted by atomic mass is 16.5. The van der Waals surface area contributed by atoms with Crippen molar-refractivity contribution in [1.29, 1.82) is 5.41 Å². The number of carboxylic acid groups (broad SMARTS) is 1. The maximum Gasteiger partial charge on any atom is 0.335 e. The van der Waals surface area contributed by atoms with Crippen LogP contribution in [-0.4, -0.2) is 69.2 Å². The number of carboxylic acids is 1. The van der Waals surface area contributed by atoms with Crippen LogP contribution >= 0.6 is 0 Å². The van der Waals surface area contributed by atoms with Gasteiger partial charge in [-0.25, -0.2) is 9.59 Å². The molecule has 0 spiro atoms. The van der Waals surface area contributed by atoms with Crippen LogP contribution in [0.3, 0.4) is 0 Å². The third-order valence-electron chi connectivity index (χ3n) is 4.49. The maximum atomic E-state index is 12.3. The second-order valence-corrected chi connectivity index (χ2v) is 6.84. The van der Waals surface area contributed by atoms with E-state index in [2.05, 4.69) is 10.3 Å². The van der Waals surface area contributed by atoms with Crippen LogP contribution in [0.25, 0.3) is 0 Å². The number of nitrogens with two attached hydrogens (primary N) is 2. The lowest BCUT2D eigenvalue weighted by Crippen LogP contribution is -2.51. The van der Waals surface area contributed by atoms with Crippen LogP contribution < -0.4 is 28.0 Å². The van der Waals surface area contributed by atoms with Gasteiger partial charge in [0.1, 0.15) is 0 Å². The van der Waals surface area contributed by atoms with Crippen LogP contribution in [0.1, 0.15) is 19.1 Å². The van der Waals surface area contributed by atoms with E-state index in [4.69, 9.17) is 21.6 Å². The van der Waals surface area contributed by atoms with Gasteiger partial charge in [0.15, 0.2) is 18.3 Å². The molecule has 13 heteroatoms. The SMILES string of the molecule is CN(CCC(N)CC(=O)N[C@H]1C=C[C@H](n2ccc(=O)[nH]c2=O)O[C@@H]1C(=O)O)C(=N)N. The third kappa shape index (κ3) is 6.02. The van der Waals surface area contributed by atoms with Gasteiger partial charge in [0.2, 0.25) is 5.91 Å². The quantitative estimate of drug-likeness (QED) is 0.148. The van der Waals surface area contributed by atoms with Gasteiger partial charge in [-0.2, -0.15) is 0 Å². The van der Waals surface area contributed by atoms with E-state index in [0.29, 0.717) is 13.0 Å². The molecule has 30 heavy (non-hydrogen) atoms. The van der Waals surface area contributed by atoms with E-state index in [1.165, 1.54) is 23.2 Å². The summed E-state index contributed by atoms with van der Waals surface area (Å²) in [6, 6.07) is -0.388. The molecule has 1 amide bonds. The molecular weight excluding hydrogens is 398 g/mol. The first-order valence-electron chi connectivity index (χ1n) is 9.06. The fraction of sp³-hybridized carbons (Fsp3) is 0.471. The lowest BCUT2D eigenvalue weighted by molar-refractivity contribution is -0.159. The van der Waals surface area contributed by atoms with Crippen molar-refractivity contribution in [2.24, 2.45) is 11.5 Å². The first-order chi connectivity index (χ1) is 14.1. The zero-order chi connectivity index (χ0) is 22.4. The number of ether oxygens (including phenoxy) is 1. The molecule has 0 saturated heterocycles. The molecule has 2 heterocycles. The van der Waals surface area contributed by atoms with Gasteiger partial charge in [0.25, 0.3) is 5.56 Å². The van der Waals surface area contributed by atoms with Gasteiger partial charge in [-0.15, -0.1) is 0 Å². The first-order valence-corrected chi connectivity index (χ1v) is 9.06. The first kappa shape index (κ1) is 22.8. The Labute approximate surface area is 170 Å². The molecule has 2 rings (SSSR count). The monoisotopic (exact) mass is 423 g/mol. The Morgan fingerprint density at radius 1 is 1.43 bits per heavy atom. The number of aromatic nitrogens is 2. The summed E-state index contributed by atoms with van der Waals surface area (Å²) in [5.41, 5.74) is 9.90. The highest BCUT2D eigenvalue weighted by Crippen LogP contribution is 2.20. The van der Waals surface area contributed by atoms with Crippen molar-refractivity contribution < 1.29 is 19.4 Å². The number of aromatic amines is 1. The second kappa shape index (κ2) is 9.84. The van der Waals surface area contributed by atoms with E-state index in [1.807, 2.05) is 0 Å². The number of hydrogen-bond acceptors (Lipinski definition) is 7. The molecule has 1 unspecified atom stereocenters. The number of carbonyl (C=O) groups excluding carboxylic acids is 1. The van der Waals surface area contributed by atoms with Crippen LogP contribution in [0.2, 0.25) is 0 Å². The Bertz CT molecular complexity index is 939. The predicted molar refractivity (Wildman–Crippen MR) is 106 cm³/mol. The van der Waals surface area contributed by atoms with E-state index in [1.54, 1.807) is 7.05 Å². The topological polar surface area (TPSA) is 210 Å². The smallest absolute Gasteiger partial charge is 0.335 e. The number of hydrogen-bond donors (Lipinski definition) is 6. The van der Waals surface area contributed by atoms with E-state index < -0.39 is 47.5 Å². The minimum atomic E-state index is -1.46. The Morgan fingerprint density at radius 3 is 2.73 bits per heavy atom. The number of aliphatic carboxylic acids is 1. The average molecular weight is 423 g/mol. The summed E-state index contributed by atoms with van der Waals surface area (Å²) >= 11 is 0. The number of guanidine groups is 1. The Morgan fingerprint density at radius 2 is 2.13 bits per heavy atom. The van der Waals surface area contributed by atoms with Gasteiger partial charge in [0.05, 0.1) is 6.04 Å². The Balaban J connectivity index is 2.01. The molecule has 0 aromatic carbocycles. The molecule has 1 aliphatic heterocycles. The molecule has 4 atom stereocenters. The fourth-order valence-electron chi connectivity index (χ4n) is 2.78. The number of H-pyrrole nitrogens is 1. The number of amides is 1. The van der Waals surface area contributed by atoms with Gasteiger partial charge in [-0.1, -0.05) is 6.08 Å². The van der Waals surface area contributed by atoms with Gasteiger partial charge in [-0.3, -0.25) is 24.5 Å².